The molecule has 0 aromatic heterocycles. The van der Waals surface area contributed by atoms with E-state index in [2.05, 4.69) is 22.6 Å². The zero-order valence-electron chi connectivity index (χ0n) is 9.74. The van der Waals surface area contributed by atoms with Gasteiger partial charge in [-0.25, -0.2) is 0 Å². The molecule has 1 saturated heterocycles. The second kappa shape index (κ2) is 4.45. The number of carbonyl (C=O) groups is 1. The molecule has 4 nitrogen and oxygen atoms in total. The highest BCUT2D eigenvalue weighted by atomic mass is 127. The van der Waals surface area contributed by atoms with Gasteiger partial charge in [0.05, 0.1) is 31.4 Å². The smallest absolute Gasteiger partial charge is 0.255 e. The van der Waals surface area contributed by atoms with Crippen molar-refractivity contribution in [3.05, 3.63) is 27.3 Å². The molecule has 0 radical (unpaired) electrons. The summed E-state index contributed by atoms with van der Waals surface area (Å²) in [6.45, 7) is 2.53. The highest BCUT2D eigenvalue weighted by Gasteiger charge is 2.40. The van der Waals surface area contributed by atoms with E-state index < -0.39 is 5.60 Å². The molecule has 1 N–H and O–H groups in total. The van der Waals surface area contributed by atoms with Gasteiger partial charge in [-0.2, -0.15) is 0 Å². The van der Waals surface area contributed by atoms with Crippen molar-refractivity contribution in [2.45, 2.75) is 12.5 Å². The molecule has 2 rings (SSSR count). The lowest BCUT2D eigenvalue weighted by molar-refractivity contribution is -0.0669. The Bertz CT molecular complexity index is 451. The first-order valence-corrected chi connectivity index (χ1v) is 6.36. The molecule has 17 heavy (non-hydrogen) atoms. The summed E-state index contributed by atoms with van der Waals surface area (Å²) in [7, 11) is 1.60. The number of benzene rings is 1. The standard InChI is InChI=1S/C12H14INO3/c1-12(16)6-14(7-12)11(15)9-4-3-8(17-2)5-10(9)13/h3-5,16H,6-7H2,1-2H3. The predicted octanol–water partition coefficient (Wildman–Crippen LogP) is 1.51. The van der Waals surface area contributed by atoms with Crippen LogP contribution < -0.4 is 4.74 Å². The first-order chi connectivity index (χ1) is 7.93. The highest BCUT2D eigenvalue weighted by molar-refractivity contribution is 14.1. The van der Waals surface area contributed by atoms with E-state index in [0.717, 1.165) is 9.32 Å². The van der Waals surface area contributed by atoms with E-state index in [4.69, 9.17) is 4.74 Å². The fraction of sp³-hybridized carbons (Fsp3) is 0.417. The summed E-state index contributed by atoms with van der Waals surface area (Å²) in [6, 6.07) is 5.36. The van der Waals surface area contributed by atoms with E-state index in [0.29, 0.717) is 18.7 Å². The summed E-state index contributed by atoms with van der Waals surface area (Å²) in [5.74, 6) is 0.699. The third-order valence-electron chi connectivity index (χ3n) is 2.76. The molecule has 1 amide bonds. The van der Waals surface area contributed by atoms with Crippen LogP contribution in [-0.4, -0.2) is 41.7 Å². The zero-order chi connectivity index (χ0) is 12.6. The summed E-state index contributed by atoms with van der Waals surface area (Å²) >= 11 is 2.12. The summed E-state index contributed by atoms with van der Waals surface area (Å²) in [6.07, 6.45) is 0. The number of halogens is 1. The molecule has 1 aliphatic rings. The number of hydrogen-bond donors (Lipinski definition) is 1. The van der Waals surface area contributed by atoms with Gasteiger partial charge in [-0.1, -0.05) is 0 Å². The Morgan fingerprint density at radius 3 is 2.65 bits per heavy atom. The number of hydrogen-bond acceptors (Lipinski definition) is 3. The maximum absolute atomic E-state index is 12.1. The molecule has 1 aromatic rings. The van der Waals surface area contributed by atoms with Crippen molar-refractivity contribution in [3.8, 4) is 5.75 Å². The molecule has 0 aliphatic carbocycles. The van der Waals surface area contributed by atoms with Crippen LogP contribution in [0.2, 0.25) is 0 Å². The van der Waals surface area contributed by atoms with Crippen molar-refractivity contribution in [1.29, 1.82) is 0 Å². The van der Waals surface area contributed by atoms with E-state index in [1.54, 1.807) is 31.1 Å². The molecule has 0 bridgehead atoms. The third-order valence-corrected chi connectivity index (χ3v) is 3.65. The van der Waals surface area contributed by atoms with Crippen molar-refractivity contribution in [2.75, 3.05) is 20.2 Å². The first kappa shape index (κ1) is 12.6. The molecule has 1 aliphatic heterocycles. The average molecular weight is 347 g/mol. The van der Waals surface area contributed by atoms with Crippen molar-refractivity contribution in [3.63, 3.8) is 0 Å². The van der Waals surface area contributed by atoms with E-state index in [1.807, 2.05) is 6.07 Å². The summed E-state index contributed by atoms with van der Waals surface area (Å²) < 4.78 is 5.95. The van der Waals surface area contributed by atoms with Gasteiger partial charge in [-0.05, 0) is 47.7 Å². The van der Waals surface area contributed by atoms with Crippen LogP contribution in [0.15, 0.2) is 18.2 Å². The number of rotatable bonds is 2. The van der Waals surface area contributed by atoms with E-state index >= 15 is 0 Å². The van der Waals surface area contributed by atoms with Gasteiger partial charge in [0.2, 0.25) is 0 Å². The molecule has 0 unspecified atom stereocenters. The fourth-order valence-electron chi connectivity index (χ4n) is 1.89. The van der Waals surface area contributed by atoms with E-state index in [-0.39, 0.29) is 5.91 Å². The molecule has 1 fully saturated rings. The van der Waals surface area contributed by atoms with E-state index in [9.17, 15) is 9.90 Å². The number of ether oxygens (including phenoxy) is 1. The predicted molar refractivity (Wildman–Crippen MR) is 72.2 cm³/mol. The highest BCUT2D eigenvalue weighted by Crippen LogP contribution is 2.25. The normalized spacial score (nSPS) is 17.5. The Labute approximate surface area is 114 Å². The molecule has 0 saturated carbocycles. The van der Waals surface area contributed by atoms with Crippen LogP contribution in [0.3, 0.4) is 0 Å². The lowest BCUT2D eigenvalue weighted by atomic mass is 9.96. The Morgan fingerprint density at radius 2 is 2.18 bits per heavy atom. The minimum absolute atomic E-state index is 0.0384. The zero-order valence-corrected chi connectivity index (χ0v) is 11.9. The Balaban J connectivity index is 2.15. The van der Waals surface area contributed by atoms with Crippen LogP contribution in [0.25, 0.3) is 0 Å². The summed E-state index contributed by atoms with van der Waals surface area (Å²) in [5, 5.41) is 9.62. The van der Waals surface area contributed by atoms with Gasteiger partial charge in [-0.15, -0.1) is 0 Å². The summed E-state index contributed by atoms with van der Waals surface area (Å²) in [4.78, 5) is 13.7. The number of β-amino-alcohol motifs (C(OH)–C–C–N with tert-alkyl or cyclic N) is 1. The van der Waals surface area contributed by atoms with Gasteiger partial charge in [0.25, 0.3) is 5.91 Å². The molecule has 92 valence electrons. The number of amides is 1. The molecule has 1 heterocycles. The molecule has 0 spiro atoms. The number of aliphatic hydroxyl groups is 1. The van der Waals surface area contributed by atoms with Crippen molar-refractivity contribution < 1.29 is 14.6 Å². The molecule has 0 atom stereocenters. The second-order valence-corrected chi connectivity index (χ2v) is 5.67. The van der Waals surface area contributed by atoms with Crippen molar-refractivity contribution >= 4 is 28.5 Å². The van der Waals surface area contributed by atoms with Crippen LogP contribution in [0.4, 0.5) is 0 Å². The third kappa shape index (κ3) is 2.55. The SMILES string of the molecule is COc1ccc(C(=O)N2CC(C)(O)C2)c(I)c1. The first-order valence-electron chi connectivity index (χ1n) is 5.28. The Morgan fingerprint density at radius 1 is 1.53 bits per heavy atom. The van der Waals surface area contributed by atoms with Gasteiger partial charge in [0.15, 0.2) is 0 Å². The molecular weight excluding hydrogens is 333 g/mol. The quantitative estimate of drug-likeness (QED) is 0.826. The lowest BCUT2D eigenvalue weighted by Crippen LogP contribution is -2.61. The van der Waals surface area contributed by atoms with Crippen molar-refractivity contribution in [2.24, 2.45) is 0 Å². The number of nitrogens with zero attached hydrogens (tertiary/aromatic N) is 1. The van der Waals surface area contributed by atoms with Gasteiger partial charge in [0, 0.05) is 3.57 Å². The largest absolute Gasteiger partial charge is 0.497 e. The Hall–Kier alpha value is -0.820. The maximum atomic E-state index is 12.1. The minimum Gasteiger partial charge on any atom is -0.497 e. The van der Waals surface area contributed by atoms with Gasteiger partial charge in [-0.3, -0.25) is 4.79 Å². The monoisotopic (exact) mass is 347 g/mol. The van der Waals surface area contributed by atoms with Crippen molar-refractivity contribution in [1.82, 2.24) is 4.90 Å². The number of methoxy groups -OCH3 is 1. The van der Waals surface area contributed by atoms with Crippen LogP contribution in [0.1, 0.15) is 17.3 Å². The lowest BCUT2D eigenvalue weighted by Gasteiger charge is -2.44. The second-order valence-electron chi connectivity index (χ2n) is 4.50. The van der Waals surface area contributed by atoms with Crippen LogP contribution in [-0.2, 0) is 0 Å². The minimum atomic E-state index is -0.729. The van der Waals surface area contributed by atoms with Crippen LogP contribution >= 0.6 is 22.6 Å². The topological polar surface area (TPSA) is 49.8 Å². The summed E-state index contributed by atoms with van der Waals surface area (Å²) in [5.41, 5.74) is -0.0741. The number of carbonyl (C=O) groups excluding carboxylic acids is 1. The molecular formula is C12H14INO3. The van der Waals surface area contributed by atoms with E-state index in [1.165, 1.54) is 0 Å². The number of likely N-dealkylation sites (tertiary alicyclic amines) is 1. The Kier molecular flexibility index (Phi) is 3.31. The van der Waals surface area contributed by atoms with Crippen LogP contribution in [0.5, 0.6) is 5.75 Å². The fourth-order valence-corrected chi connectivity index (χ4v) is 2.60. The van der Waals surface area contributed by atoms with Gasteiger partial charge in [0.1, 0.15) is 5.75 Å². The van der Waals surface area contributed by atoms with Gasteiger partial charge < -0.3 is 14.7 Å². The maximum Gasteiger partial charge on any atom is 0.255 e. The van der Waals surface area contributed by atoms with Gasteiger partial charge >= 0.3 is 0 Å². The van der Waals surface area contributed by atoms with Crippen LogP contribution in [0, 0.1) is 3.57 Å². The molecule has 1 aromatic carbocycles. The molecule has 5 heteroatoms. The average Bonchev–Trinajstić information content (AvgIpc) is 2.24.